The Morgan fingerprint density at radius 2 is 2.25 bits per heavy atom. The molecule has 86 valence electrons. The van der Waals surface area contributed by atoms with E-state index in [2.05, 4.69) is 0 Å². The van der Waals surface area contributed by atoms with E-state index in [1.807, 2.05) is 0 Å². The minimum absolute atomic E-state index is 0.223. The summed E-state index contributed by atoms with van der Waals surface area (Å²) in [5.41, 5.74) is 0.144. The normalized spacial score (nSPS) is 17.1. The van der Waals surface area contributed by atoms with Gasteiger partial charge in [-0.25, -0.2) is 4.39 Å². The Labute approximate surface area is 91.9 Å². The number of hydrogen-bond acceptors (Lipinski definition) is 3. The van der Waals surface area contributed by atoms with Crippen LogP contribution in [0.3, 0.4) is 0 Å². The second kappa shape index (κ2) is 4.17. The van der Waals surface area contributed by atoms with Gasteiger partial charge in [0.25, 0.3) is 5.69 Å². The van der Waals surface area contributed by atoms with E-state index in [0.29, 0.717) is 5.56 Å². The molecule has 16 heavy (non-hydrogen) atoms. The molecule has 4 nitrogen and oxygen atoms in total. The maximum atomic E-state index is 12.8. The van der Waals surface area contributed by atoms with E-state index < -0.39 is 16.8 Å². The molecule has 0 radical (unpaired) electrons. The highest BCUT2D eigenvalue weighted by Crippen LogP contribution is 2.35. The van der Waals surface area contributed by atoms with Crippen molar-refractivity contribution in [3.63, 3.8) is 0 Å². The van der Waals surface area contributed by atoms with Crippen molar-refractivity contribution in [2.45, 2.75) is 25.4 Å². The first kappa shape index (κ1) is 11.0. The van der Waals surface area contributed by atoms with Gasteiger partial charge in [0.1, 0.15) is 5.82 Å². The second-order valence-electron chi connectivity index (χ2n) is 4.14. The van der Waals surface area contributed by atoms with Gasteiger partial charge in [0, 0.05) is 12.0 Å². The van der Waals surface area contributed by atoms with E-state index in [0.717, 1.165) is 18.9 Å². The van der Waals surface area contributed by atoms with Gasteiger partial charge in [-0.15, -0.1) is 0 Å². The summed E-state index contributed by atoms with van der Waals surface area (Å²) in [6, 6.07) is 3.45. The van der Waals surface area contributed by atoms with Crippen LogP contribution in [0.25, 0.3) is 0 Å². The molecule has 1 fully saturated rings. The van der Waals surface area contributed by atoms with Crippen molar-refractivity contribution in [3.8, 4) is 0 Å². The van der Waals surface area contributed by atoms with Crippen LogP contribution in [0.15, 0.2) is 18.2 Å². The summed E-state index contributed by atoms with van der Waals surface area (Å²) in [5.74, 6) is -0.374. The standard InChI is InChI=1S/C11H12FNO3/c12-9-4-3-8(10(6-9)13(15)16)5-11(14)7-1-2-7/h3-4,6-7,11,14H,1-2,5H2. The lowest BCUT2D eigenvalue weighted by molar-refractivity contribution is -0.385. The van der Waals surface area contributed by atoms with Gasteiger partial charge in [0.05, 0.1) is 17.1 Å². The number of aliphatic hydroxyl groups is 1. The lowest BCUT2D eigenvalue weighted by Crippen LogP contribution is -2.13. The lowest BCUT2D eigenvalue weighted by Gasteiger charge is -2.09. The lowest BCUT2D eigenvalue weighted by atomic mass is 10.0. The van der Waals surface area contributed by atoms with Crippen LogP contribution in [0.1, 0.15) is 18.4 Å². The van der Waals surface area contributed by atoms with Crippen molar-refractivity contribution in [1.82, 2.24) is 0 Å². The van der Waals surface area contributed by atoms with Gasteiger partial charge in [-0.1, -0.05) is 0 Å². The van der Waals surface area contributed by atoms with Crippen molar-refractivity contribution >= 4 is 5.69 Å². The number of benzene rings is 1. The molecule has 0 amide bonds. The molecule has 1 unspecified atom stereocenters. The minimum atomic E-state index is -0.628. The summed E-state index contributed by atoms with van der Waals surface area (Å²) in [6.07, 6.45) is 1.61. The quantitative estimate of drug-likeness (QED) is 0.630. The average Bonchev–Trinajstić information content (AvgIpc) is 3.03. The first-order valence-corrected chi connectivity index (χ1v) is 5.19. The summed E-state index contributed by atoms with van der Waals surface area (Å²) in [4.78, 5) is 10.1. The van der Waals surface area contributed by atoms with Crippen LogP contribution in [0, 0.1) is 21.8 Å². The van der Waals surface area contributed by atoms with Crippen molar-refractivity contribution in [2.75, 3.05) is 0 Å². The maximum Gasteiger partial charge on any atom is 0.275 e. The third-order valence-corrected chi connectivity index (χ3v) is 2.84. The molecule has 0 spiro atoms. The smallest absolute Gasteiger partial charge is 0.275 e. The molecule has 1 N–H and O–H groups in total. The molecule has 1 aromatic rings. The van der Waals surface area contributed by atoms with Gasteiger partial charge in [0.2, 0.25) is 0 Å². The van der Waals surface area contributed by atoms with Crippen molar-refractivity contribution in [2.24, 2.45) is 5.92 Å². The zero-order valence-corrected chi connectivity index (χ0v) is 8.60. The maximum absolute atomic E-state index is 12.8. The molecular formula is C11H12FNO3. The largest absolute Gasteiger partial charge is 0.392 e. The van der Waals surface area contributed by atoms with E-state index in [4.69, 9.17) is 0 Å². The Morgan fingerprint density at radius 3 is 2.81 bits per heavy atom. The number of halogens is 1. The second-order valence-corrected chi connectivity index (χ2v) is 4.14. The van der Waals surface area contributed by atoms with E-state index in [-0.39, 0.29) is 18.0 Å². The van der Waals surface area contributed by atoms with Gasteiger partial charge in [0.15, 0.2) is 0 Å². The molecule has 1 aromatic carbocycles. The predicted octanol–water partition coefficient (Wildman–Crippen LogP) is 2.05. The van der Waals surface area contributed by atoms with E-state index in [9.17, 15) is 19.6 Å². The van der Waals surface area contributed by atoms with Crippen LogP contribution in [0.5, 0.6) is 0 Å². The van der Waals surface area contributed by atoms with Gasteiger partial charge in [-0.3, -0.25) is 10.1 Å². The van der Waals surface area contributed by atoms with Crippen molar-refractivity contribution < 1.29 is 14.4 Å². The predicted molar refractivity (Wildman–Crippen MR) is 55.5 cm³/mol. The third kappa shape index (κ3) is 2.36. The molecular weight excluding hydrogens is 213 g/mol. The van der Waals surface area contributed by atoms with Crippen LogP contribution < -0.4 is 0 Å². The van der Waals surface area contributed by atoms with Gasteiger partial charge in [-0.2, -0.15) is 0 Å². The van der Waals surface area contributed by atoms with Crippen LogP contribution in [-0.2, 0) is 6.42 Å². The first-order chi connectivity index (χ1) is 7.58. The number of nitro benzene ring substituents is 1. The number of nitrogens with zero attached hydrogens (tertiary/aromatic N) is 1. The van der Waals surface area contributed by atoms with Gasteiger partial charge < -0.3 is 5.11 Å². The van der Waals surface area contributed by atoms with Crippen LogP contribution in [0.2, 0.25) is 0 Å². The molecule has 1 saturated carbocycles. The van der Waals surface area contributed by atoms with Gasteiger partial charge >= 0.3 is 0 Å². The molecule has 0 aromatic heterocycles. The van der Waals surface area contributed by atoms with Crippen LogP contribution in [-0.4, -0.2) is 16.1 Å². The zero-order valence-electron chi connectivity index (χ0n) is 8.60. The fourth-order valence-electron chi connectivity index (χ4n) is 1.75. The Kier molecular flexibility index (Phi) is 2.87. The van der Waals surface area contributed by atoms with Crippen molar-refractivity contribution in [1.29, 1.82) is 0 Å². The molecule has 2 rings (SSSR count). The summed E-state index contributed by atoms with van der Waals surface area (Å²) in [7, 11) is 0. The molecule has 1 aliphatic carbocycles. The van der Waals surface area contributed by atoms with Crippen LogP contribution in [0.4, 0.5) is 10.1 Å². The Bertz CT molecular complexity index is 418. The summed E-state index contributed by atoms with van der Waals surface area (Å²) in [5, 5.41) is 20.4. The van der Waals surface area contributed by atoms with Crippen LogP contribution >= 0.6 is 0 Å². The van der Waals surface area contributed by atoms with Gasteiger partial charge in [-0.05, 0) is 30.9 Å². The highest BCUT2D eigenvalue weighted by molar-refractivity contribution is 5.40. The summed E-state index contributed by atoms with van der Waals surface area (Å²) < 4.78 is 12.8. The number of hydrogen-bond donors (Lipinski definition) is 1. The summed E-state index contributed by atoms with van der Waals surface area (Å²) >= 11 is 0. The number of nitro groups is 1. The monoisotopic (exact) mass is 225 g/mol. The Morgan fingerprint density at radius 1 is 1.56 bits per heavy atom. The van der Waals surface area contributed by atoms with E-state index in [1.54, 1.807) is 0 Å². The highest BCUT2D eigenvalue weighted by atomic mass is 19.1. The zero-order chi connectivity index (χ0) is 11.7. The SMILES string of the molecule is O=[N+]([O-])c1cc(F)ccc1CC(O)C1CC1. The molecule has 0 bridgehead atoms. The minimum Gasteiger partial charge on any atom is -0.392 e. The fourth-order valence-corrected chi connectivity index (χ4v) is 1.75. The number of aliphatic hydroxyl groups excluding tert-OH is 1. The fraction of sp³-hybridized carbons (Fsp3) is 0.455. The summed E-state index contributed by atoms with van der Waals surface area (Å²) in [6.45, 7) is 0. The highest BCUT2D eigenvalue weighted by Gasteiger charge is 2.31. The molecule has 5 heteroatoms. The molecule has 1 atom stereocenters. The Hall–Kier alpha value is -1.49. The topological polar surface area (TPSA) is 63.4 Å². The third-order valence-electron chi connectivity index (χ3n) is 2.84. The molecule has 0 saturated heterocycles. The van der Waals surface area contributed by atoms with E-state index in [1.165, 1.54) is 12.1 Å². The molecule has 1 aliphatic rings. The molecule has 0 aliphatic heterocycles. The molecule has 0 heterocycles. The Balaban J connectivity index is 2.21. The van der Waals surface area contributed by atoms with Crippen molar-refractivity contribution in [3.05, 3.63) is 39.7 Å². The number of rotatable bonds is 4. The van der Waals surface area contributed by atoms with E-state index >= 15 is 0 Å². The average molecular weight is 225 g/mol. The first-order valence-electron chi connectivity index (χ1n) is 5.19.